The van der Waals surface area contributed by atoms with Crippen molar-refractivity contribution < 1.29 is 8.42 Å². The first-order valence-electron chi connectivity index (χ1n) is 4.56. The zero-order valence-electron chi connectivity index (χ0n) is 8.97. The van der Waals surface area contributed by atoms with Crippen molar-refractivity contribution in [3.05, 3.63) is 17.5 Å². The van der Waals surface area contributed by atoms with Crippen molar-refractivity contribution in [3.8, 4) is 11.4 Å². The lowest BCUT2D eigenvalue weighted by Crippen LogP contribution is -1.95. The Morgan fingerprint density at radius 2 is 2.00 bits per heavy atom. The number of aryl methyl sites for hydroxylation is 2. The number of hydrogen-bond acceptors (Lipinski definition) is 6. The highest BCUT2D eigenvalue weighted by atomic mass is 35.7. The SMILES string of the molecule is Cc1cc(-c2n[nH]c(S(=O)(=O)Cl)n2)c(C)nn1. The monoisotopic (exact) mass is 273 g/mol. The Kier molecular flexibility index (Phi) is 2.84. The van der Waals surface area contributed by atoms with Crippen LogP contribution in [-0.4, -0.2) is 33.8 Å². The molecule has 90 valence electrons. The molecule has 0 bridgehead atoms. The van der Waals surface area contributed by atoms with Gasteiger partial charge < -0.3 is 0 Å². The van der Waals surface area contributed by atoms with Crippen molar-refractivity contribution >= 4 is 19.7 Å². The number of nitrogens with one attached hydrogen (secondary N) is 1. The summed E-state index contributed by atoms with van der Waals surface area (Å²) in [7, 11) is 1.23. The Morgan fingerprint density at radius 1 is 1.29 bits per heavy atom. The Labute approximate surface area is 102 Å². The van der Waals surface area contributed by atoms with Crippen LogP contribution in [0.25, 0.3) is 11.4 Å². The standard InChI is InChI=1S/C8H8ClN5O2S/c1-4-3-6(5(2)12-11-4)7-10-8(14-13-7)17(9,15)16/h3H,1-2H3,(H,10,13,14). The van der Waals surface area contributed by atoms with Gasteiger partial charge in [0.25, 0.3) is 14.2 Å². The molecule has 0 atom stereocenters. The highest BCUT2D eigenvalue weighted by Crippen LogP contribution is 2.20. The number of H-pyrrole nitrogens is 1. The quantitative estimate of drug-likeness (QED) is 0.812. The zero-order valence-corrected chi connectivity index (χ0v) is 10.5. The van der Waals surface area contributed by atoms with Gasteiger partial charge in [0.05, 0.1) is 11.4 Å². The molecule has 0 aliphatic rings. The second-order valence-electron chi connectivity index (χ2n) is 3.39. The van der Waals surface area contributed by atoms with Crippen LogP contribution in [0, 0.1) is 13.8 Å². The van der Waals surface area contributed by atoms with E-state index in [0.29, 0.717) is 17.0 Å². The van der Waals surface area contributed by atoms with Gasteiger partial charge in [-0.1, -0.05) is 0 Å². The zero-order chi connectivity index (χ0) is 12.6. The Balaban J connectivity index is 2.55. The van der Waals surface area contributed by atoms with Gasteiger partial charge in [0.1, 0.15) is 0 Å². The lowest BCUT2D eigenvalue weighted by Gasteiger charge is -1.99. The first-order chi connectivity index (χ1) is 7.88. The van der Waals surface area contributed by atoms with E-state index in [1.54, 1.807) is 19.9 Å². The molecule has 0 amide bonds. The van der Waals surface area contributed by atoms with Crippen molar-refractivity contribution in [1.29, 1.82) is 0 Å². The van der Waals surface area contributed by atoms with Gasteiger partial charge in [0, 0.05) is 16.2 Å². The van der Waals surface area contributed by atoms with E-state index in [-0.39, 0.29) is 11.0 Å². The van der Waals surface area contributed by atoms with Gasteiger partial charge in [-0.15, -0.1) is 0 Å². The summed E-state index contributed by atoms with van der Waals surface area (Å²) in [5, 5.41) is 13.4. The number of nitrogens with zero attached hydrogens (tertiary/aromatic N) is 4. The van der Waals surface area contributed by atoms with Crippen LogP contribution in [0.3, 0.4) is 0 Å². The van der Waals surface area contributed by atoms with Crippen LogP contribution < -0.4 is 0 Å². The summed E-state index contributed by atoms with van der Waals surface area (Å²) < 4.78 is 22.1. The predicted octanol–water partition coefficient (Wildman–Crippen LogP) is 0.806. The van der Waals surface area contributed by atoms with Crippen molar-refractivity contribution in [3.63, 3.8) is 0 Å². The number of aromatic amines is 1. The van der Waals surface area contributed by atoms with E-state index in [1.165, 1.54) is 0 Å². The third-order valence-electron chi connectivity index (χ3n) is 2.04. The van der Waals surface area contributed by atoms with Crippen molar-refractivity contribution in [1.82, 2.24) is 25.4 Å². The molecule has 0 aliphatic carbocycles. The minimum atomic E-state index is -3.91. The van der Waals surface area contributed by atoms with E-state index >= 15 is 0 Å². The van der Waals surface area contributed by atoms with Crippen LogP contribution in [0.15, 0.2) is 11.2 Å². The molecule has 0 aliphatic heterocycles. The molecule has 0 aromatic carbocycles. The fraction of sp³-hybridized carbons (Fsp3) is 0.250. The van der Waals surface area contributed by atoms with Crippen LogP contribution in [0.5, 0.6) is 0 Å². The summed E-state index contributed by atoms with van der Waals surface area (Å²) in [6.07, 6.45) is 0. The third kappa shape index (κ3) is 2.42. The van der Waals surface area contributed by atoms with Crippen LogP contribution in [0.2, 0.25) is 0 Å². The molecular weight excluding hydrogens is 266 g/mol. The van der Waals surface area contributed by atoms with E-state index in [4.69, 9.17) is 10.7 Å². The van der Waals surface area contributed by atoms with E-state index in [2.05, 4.69) is 25.4 Å². The number of aromatic nitrogens is 5. The molecule has 2 rings (SSSR count). The lowest BCUT2D eigenvalue weighted by atomic mass is 10.2. The summed E-state index contributed by atoms with van der Waals surface area (Å²) in [5.74, 6) is 0.222. The summed E-state index contributed by atoms with van der Waals surface area (Å²) in [6, 6.07) is 1.72. The fourth-order valence-electron chi connectivity index (χ4n) is 1.25. The Bertz CT molecular complexity index is 666. The molecule has 2 aromatic heterocycles. The fourth-order valence-corrected chi connectivity index (χ4v) is 1.81. The first-order valence-corrected chi connectivity index (χ1v) is 6.87. The van der Waals surface area contributed by atoms with E-state index < -0.39 is 9.05 Å². The molecule has 2 aromatic rings. The Hall–Kier alpha value is -1.54. The first kappa shape index (κ1) is 11.9. The van der Waals surface area contributed by atoms with Crippen molar-refractivity contribution in [2.75, 3.05) is 0 Å². The highest BCUT2D eigenvalue weighted by molar-refractivity contribution is 8.13. The highest BCUT2D eigenvalue weighted by Gasteiger charge is 2.18. The maximum absolute atomic E-state index is 11.0. The van der Waals surface area contributed by atoms with Crippen molar-refractivity contribution in [2.24, 2.45) is 0 Å². The van der Waals surface area contributed by atoms with E-state index in [1.807, 2.05) is 0 Å². The van der Waals surface area contributed by atoms with E-state index in [9.17, 15) is 8.42 Å². The minimum absolute atomic E-state index is 0.222. The lowest BCUT2D eigenvalue weighted by molar-refractivity contribution is 0.602. The maximum atomic E-state index is 11.0. The molecule has 0 unspecified atom stereocenters. The summed E-state index contributed by atoms with van der Waals surface area (Å²) in [5.41, 5.74) is 1.90. The van der Waals surface area contributed by atoms with Gasteiger partial charge in [-0.3, -0.25) is 0 Å². The molecule has 7 nitrogen and oxygen atoms in total. The van der Waals surface area contributed by atoms with Crippen LogP contribution in [-0.2, 0) is 9.05 Å². The molecule has 2 heterocycles. The number of halogens is 1. The van der Waals surface area contributed by atoms with Gasteiger partial charge in [0.15, 0.2) is 5.82 Å². The molecule has 0 radical (unpaired) electrons. The topological polar surface area (TPSA) is 101 Å². The summed E-state index contributed by atoms with van der Waals surface area (Å²) in [6.45, 7) is 3.49. The molecule has 0 saturated heterocycles. The largest absolute Gasteiger partial charge is 0.296 e. The number of rotatable bonds is 2. The summed E-state index contributed by atoms with van der Waals surface area (Å²) >= 11 is 0. The summed E-state index contributed by atoms with van der Waals surface area (Å²) in [4.78, 5) is 3.80. The molecule has 0 spiro atoms. The number of hydrogen-bond donors (Lipinski definition) is 1. The molecule has 17 heavy (non-hydrogen) atoms. The third-order valence-corrected chi connectivity index (χ3v) is 3.12. The minimum Gasteiger partial charge on any atom is -0.248 e. The Morgan fingerprint density at radius 3 is 2.59 bits per heavy atom. The second-order valence-corrected chi connectivity index (χ2v) is 5.87. The predicted molar refractivity (Wildman–Crippen MR) is 59.9 cm³/mol. The average Bonchev–Trinajstić information content (AvgIpc) is 2.70. The maximum Gasteiger partial charge on any atom is 0.296 e. The van der Waals surface area contributed by atoms with Gasteiger partial charge in [-0.05, 0) is 19.9 Å². The average molecular weight is 274 g/mol. The molecule has 9 heteroatoms. The van der Waals surface area contributed by atoms with Crippen molar-refractivity contribution in [2.45, 2.75) is 19.0 Å². The molecule has 0 saturated carbocycles. The van der Waals surface area contributed by atoms with Gasteiger partial charge in [0.2, 0.25) is 0 Å². The van der Waals surface area contributed by atoms with Gasteiger partial charge >= 0.3 is 0 Å². The van der Waals surface area contributed by atoms with Crippen LogP contribution >= 0.6 is 10.7 Å². The smallest absolute Gasteiger partial charge is 0.248 e. The van der Waals surface area contributed by atoms with E-state index in [0.717, 1.165) is 0 Å². The van der Waals surface area contributed by atoms with Crippen LogP contribution in [0.4, 0.5) is 0 Å². The molecular formula is C8H8ClN5O2S. The van der Waals surface area contributed by atoms with Gasteiger partial charge in [-0.2, -0.15) is 20.3 Å². The van der Waals surface area contributed by atoms with Gasteiger partial charge in [-0.25, -0.2) is 13.5 Å². The normalized spacial score (nSPS) is 11.7. The van der Waals surface area contributed by atoms with Crippen LogP contribution in [0.1, 0.15) is 11.4 Å². The second kappa shape index (κ2) is 4.04. The molecule has 1 N–H and O–H groups in total. The molecule has 0 fully saturated rings.